The number of fused-ring (bicyclic) bond motifs is 1. The van der Waals surface area contributed by atoms with E-state index in [2.05, 4.69) is 5.32 Å². The Morgan fingerprint density at radius 3 is 2.72 bits per heavy atom. The summed E-state index contributed by atoms with van der Waals surface area (Å²) in [6.07, 6.45) is 0.148. The molecule has 0 saturated carbocycles. The molecule has 1 heterocycles. The molecule has 2 aromatic carbocycles. The number of aryl methyl sites for hydroxylation is 1. The Hall–Kier alpha value is -2.54. The summed E-state index contributed by atoms with van der Waals surface area (Å²) in [7, 11) is -1.29. The predicted octanol–water partition coefficient (Wildman–Crippen LogP) is 2.48. The number of carbonyl (C=O) groups excluding carboxylic acids is 1. The van der Waals surface area contributed by atoms with Crippen molar-refractivity contribution in [2.24, 2.45) is 0 Å². The van der Waals surface area contributed by atoms with Crippen LogP contribution >= 0.6 is 0 Å². The first kappa shape index (κ1) is 17.3. The van der Waals surface area contributed by atoms with Crippen LogP contribution in [0.3, 0.4) is 0 Å². The van der Waals surface area contributed by atoms with Gasteiger partial charge in [-0.05, 0) is 36.8 Å². The summed E-state index contributed by atoms with van der Waals surface area (Å²) >= 11 is 0. The topological polar surface area (TPSA) is 90.7 Å². The highest BCUT2D eigenvalue weighted by atomic mass is 32.2. The Morgan fingerprint density at radius 1 is 1.16 bits per heavy atom. The van der Waals surface area contributed by atoms with Gasteiger partial charge in [0, 0.05) is 34.5 Å². The lowest BCUT2D eigenvalue weighted by atomic mass is 10.2. The van der Waals surface area contributed by atoms with E-state index in [4.69, 9.17) is 15.2 Å². The molecule has 0 spiro atoms. The van der Waals surface area contributed by atoms with E-state index in [1.54, 1.807) is 30.3 Å². The van der Waals surface area contributed by atoms with Crippen molar-refractivity contribution < 1.29 is 18.5 Å². The Bertz CT molecular complexity index is 823. The monoisotopic (exact) mass is 360 g/mol. The lowest BCUT2D eigenvalue weighted by Crippen LogP contribution is -2.17. The smallest absolute Gasteiger partial charge is 0.225 e. The van der Waals surface area contributed by atoms with Crippen LogP contribution in [0, 0.1) is 6.92 Å². The third-order valence-corrected chi connectivity index (χ3v) is 5.18. The number of nitrogen functional groups attached to an aromatic ring is 1. The van der Waals surface area contributed by atoms with Crippen LogP contribution in [0.5, 0.6) is 11.5 Å². The molecule has 0 aliphatic carbocycles. The second-order valence-corrected chi connectivity index (χ2v) is 7.30. The standard InChI is InChI=1S/C18H20N2O4S/c1-12-2-3-13(19)10-15(12)20-18(21)6-9-25(22)14-4-5-16-17(11-14)24-8-7-23-16/h2-5,10-11H,6-9,19H2,1H3,(H,20,21). The Balaban J connectivity index is 1.58. The van der Waals surface area contributed by atoms with E-state index in [0.29, 0.717) is 41.0 Å². The Morgan fingerprint density at radius 2 is 1.92 bits per heavy atom. The SMILES string of the molecule is Cc1ccc(N)cc1NC(=O)CCS(=O)c1ccc2c(c1)OCCO2. The number of ether oxygens (including phenoxy) is 2. The van der Waals surface area contributed by atoms with E-state index in [1.165, 1.54) is 0 Å². The average Bonchev–Trinajstić information content (AvgIpc) is 2.62. The van der Waals surface area contributed by atoms with Crippen LogP contribution in [-0.4, -0.2) is 29.1 Å². The molecule has 1 aliphatic heterocycles. The zero-order valence-corrected chi connectivity index (χ0v) is 14.7. The van der Waals surface area contributed by atoms with Gasteiger partial charge in [-0.2, -0.15) is 0 Å². The van der Waals surface area contributed by atoms with E-state index in [9.17, 15) is 9.00 Å². The molecule has 2 aromatic rings. The molecule has 0 radical (unpaired) electrons. The molecular formula is C18H20N2O4S. The van der Waals surface area contributed by atoms with Crippen LogP contribution in [0.15, 0.2) is 41.3 Å². The molecule has 0 bridgehead atoms. The molecule has 1 atom stereocenters. The molecule has 3 rings (SSSR count). The van der Waals surface area contributed by atoms with Crippen molar-refractivity contribution >= 4 is 28.1 Å². The first-order valence-corrected chi connectivity index (χ1v) is 9.29. The zero-order chi connectivity index (χ0) is 17.8. The normalized spacial score (nSPS) is 14.0. The molecule has 1 amide bonds. The van der Waals surface area contributed by atoms with Gasteiger partial charge in [-0.25, -0.2) is 0 Å². The van der Waals surface area contributed by atoms with Gasteiger partial charge in [0.2, 0.25) is 5.91 Å². The number of hydrogen-bond donors (Lipinski definition) is 2. The number of nitrogens with one attached hydrogen (secondary N) is 1. The minimum absolute atomic E-state index is 0.148. The van der Waals surface area contributed by atoms with Gasteiger partial charge in [0.05, 0.1) is 10.8 Å². The molecule has 7 heteroatoms. The van der Waals surface area contributed by atoms with Gasteiger partial charge in [0.1, 0.15) is 13.2 Å². The third kappa shape index (κ3) is 4.30. The maximum absolute atomic E-state index is 12.4. The van der Waals surface area contributed by atoms with Gasteiger partial charge in [0.15, 0.2) is 11.5 Å². The summed E-state index contributed by atoms with van der Waals surface area (Å²) in [6.45, 7) is 2.88. The van der Waals surface area contributed by atoms with Crippen LogP contribution in [0.1, 0.15) is 12.0 Å². The van der Waals surface area contributed by atoms with E-state index < -0.39 is 10.8 Å². The molecule has 1 aliphatic rings. The maximum atomic E-state index is 12.4. The fraction of sp³-hybridized carbons (Fsp3) is 0.278. The first-order chi connectivity index (χ1) is 12.0. The van der Waals surface area contributed by atoms with E-state index >= 15 is 0 Å². The Kier molecular flexibility index (Phi) is 5.23. The quantitative estimate of drug-likeness (QED) is 0.800. The van der Waals surface area contributed by atoms with Gasteiger partial charge in [-0.1, -0.05) is 6.07 Å². The van der Waals surface area contributed by atoms with Gasteiger partial charge in [-0.3, -0.25) is 9.00 Å². The molecule has 6 nitrogen and oxygen atoms in total. The van der Waals surface area contributed by atoms with Crippen LogP contribution in [0.4, 0.5) is 11.4 Å². The second-order valence-electron chi connectivity index (χ2n) is 5.73. The maximum Gasteiger partial charge on any atom is 0.225 e. The van der Waals surface area contributed by atoms with Crippen molar-refractivity contribution in [3.05, 3.63) is 42.0 Å². The fourth-order valence-corrected chi connectivity index (χ4v) is 3.52. The number of carbonyl (C=O) groups is 1. The van der Waals surface area contributed by atoms with Gasteiger partial charge in [-0.15, -0.1) is 0 Å². The van der Waals surface area contributed by atoms with Crippen molar-refractivity contribution in [1.82, 2.24) is 0 Å². The van der Waals surface area contributed by atoms with Gasteiger partial charge < -0.3 is 20.5 Å². The van der Waals surface area contributed by atoms with Crippen LogP contribution in [0.2, 0.25) is 0 Å². The lowest BCUT2D eigenvalue weighted by Gasteiger charge is -2.18. The molecule has 1 unspecified atom stereocenters. The second kappa shape index (κ2) is 7.57. The highest BCUT2D eigenvalue weighted by molar-refractivity contribution is 7.85. The number of hydrogen-bond acceptors (Lipinski definition) is 5. The number of benzene rings is 2. The summed E-state index contributed by atoms with van der Waals surface area (Å²) in [5.74, 6) is 1.28. The summed E-state index contributed by atoms with van der Waals surface area (Å²) in [5.41, 5.74) is 7.92. The first-order valence-electron chi connectivity index (χ1n) is 7.97. The number of nitrogens with two attached hydrogens (primary N) is 1. The number of amides is 1. The average molecular weight is 360 g/mol. The molecular weight excluding hydrogens is 340 g/mol. The molecule has 0 saturated heterocycles. The van der Waals surface area contributed by atoms with Gasteiger partial charge >= 0.3 is 0 Å². The number of anilines is 2. The highest BCUT2D eigenvalue weighted by Gasteiger charge is 2.15. The lowest BCUT2D eigenvalue weighted by molar-refractivity contribution is -0.115. The summed E-state index contributed by atoms with van der Waals surface area (Å²) in [6, 6.07) is 10.5. The summed E-state index contributed by atoms with van der Waals surface area (Å²) in [4.78, 5) is 12.7. The van der Waals surface area contributed by atoms with Crippen molar-refractivity contribution in [1.29, 1.82) is 0 Å². The molecule has 3 N–H and O–H groups in total. The number of rotatable bonds is 5. The summed E-state index contributed by atoms with van der Waals surface area (Å²) < 4.78 is 23.4. The highest BCUT2D eigenvalue weighted by Crippen LogP contribution is 2.31. The van der Waals surface area contributed by atoms with Crippen molar-refractivity contribution in [2.45, 2.75) is 18.2 Å². The van der Waals surface area contributed by atoms with E-state index in [0.717, 1.165) is 5.56 Å². The Labute approximate surface area is 148 Å². The van der Waals surface area contributed by atoms with Crippen molar-refractivity contribution in [3.63, 3.8) is 0 Å². The van der Waals surface area contributed by atoms with Crippen molar-refractivity contribution in [2.75, 3.05) is 30.0 Å². The largest absolute Gasteiger partial charge is 0.486 e. The van der Waals surface area contributed by atoms with Crippen LogP contribution in [0.25, 0.3) is 0 Å². The molecule has 25 heavy (non-hydrogen) atoms. The summed E-state index contributed by atoms with van der Waals surface area (Å²) in [5, 5.41) is 2.81. The minimum atomic E-state index is -1.29. The van der Waals surface area contributed by atoms with Gasteiger partial charge in [0.25, 0.3) is 0 Å². The van der Waals surface area contributed by atoms with E-state index in [1.807, 2.05) is 13.0 Å². The van der Waals surface area contributed by atoms with E-state index in [-0.39, 0.29) is 18.1 Å². The fourth-order valence-electron chi connectivity index (χ4n) is 2.46. The molecule has 0 fully saturated rings. The van der Waals surface area contributed by atoms with Crippen LogP contribution in [-0.2, 0) is 15.6 Å². The minimum Gasteiger partial charge on any atom is -0.486 e. The zero-order valence-electron chi connectivity index (χ0n) is 13.9. The predicted molar refractivity (Wildman–Crippen MR) is 97.5 cm³/mol. The van der Waals surface area contributed by atoms with Crippen molar-refractivity contribution in [3.8, 4) is 11.5 Å². The molecule has 0 aromatic heterocycles. The van der Waals surface area contributed by atoms with Crippen LogP contribution < -0.4 is 20.5 Å². The molecule has 132 valence electrons. The third-order valence-electron chi connectivity index (χ3n) is 3.83.